The maximum Gasteiger partial charge on any atom is 0.252 e. The van der Waals surface area contributed by atoms with Gasteiger partial charge in [-0.05, 0) is 31.7 Å². The maximum absolute atomic E-state index is 12.9. The van der Waals surface area contributed by atoms with Crippen molar-refractivity contribution in [1.29, 1.82) is 0 Å². The third kappa shape index (κ3) is 4.38. The molecule has 0 radical (unpaired) electrons. The van der Waals surface area contributed by atoms with Gasteiger partial charge in [0.15, 0.2) is 0 Å². The number of hydrogen-bond acceptors (Lipinski definition) is 4. The highest BCUT2D eigenvalue weighted by Crippen LogP contribution is 2.24. The van der Waals surface area contributed by atoms with Crippen molar-refractivity contribution in [2.24, 2.45) is 0 Å². The van der Waals surface area contributed by atoms with Crippen molar-refractivity contribution in [3.8, 4) is 0 Å². The second kappa shape index (κ2) is 8.45. The van der Waals surface area contributed by atoms with Crippen molar-refractivity contribution in [2.75, 3.05) is 26.3 Å². The Kier molecular flexibility index (Phi) is 6.04. The number of carbonyl (C=O) groups is 2. The lowest BCUT2D eigenvalue weighted by atomic mass is 10.0. The van der Waals surface area contributed by atoms with Gasteiger partial charge in [-0.25, -0.2) is 0 Å². The van der Waals surface area contributed by atoms with E-state index < -0.39 is 12.1 Å². The van der Waals surface area contributed by atoms with E-state index in [0.717, 1.165) is 31.4 Å². The Morgan fingerprint density at radius 2 is 2.16 bits per heavy atom. The van der Waals surface area contributed by atoms with Crippen LogP contribution >= 0.6 is 0 Å². The first-order valence-electron chi connectivity index (χ1n) is 9.03. The van der Waals surface area contributed by atoms with Crippen molar-refractivity contribution in [3.05, 3.63) is 35.9 Å². The molecule has 6 heteroatoms. The van der Waals surface area contributed by atoms with Crippen molar-refractivity contribution in [3.63, 3.8) is 0 Å². The molecule has 3 atom stereocenters. The molecule has 1 aromatic carbocycles. The molecular weight excluding hydrogens is 320 g/mol. The average Bonchev–Trinajstić information content (AvgIpc) is 2.67. The summed E-state index contributed by atoms with van der Waals surface area (Å²) in [6.45, 7) is 3.88. The molecule has 1 aromatic rings. The van der Waals surface area contributed by atoms with Crippen molar-refractivity contribution in [1.82, 2.24) is 10.2 Å². The fraction of sp³-hybridized carbons (Fsp3) is 0.579. The maximum atomic E-state index is 12.9. The molecule has 2 aliphatic rings. The summed E-state index contributed by atoms with van der Waals surface area (Å²) in [6, 6.07) is 8.79. The predicted molar refractivity (Wildman–Crippen MR) is 92.9 cm³/mol. The molecule has 1 N–H and O–H groups in total. The molecule has 6 nitrogen and oxygen atoms in total. The fourth-order valence-corrected chi connectivity index (χ4v) is 3.37. The Bertz CT molecular complexity index is 586. The predicted octanol–water partition coefficient (Wildman–Crippen LogP) is 1.66. The third-order valence-electron chi connectivity index (χ3n) is 4.76. The molecule has 0 bridgehead atoms. The van der Waals surface area contributed by atoms with E-state index in [1.807, 2.05) is 30.3 Å². The summed E-state index contributed by atoms with van der Waals surface area (Å²) in [4.78, 5) is 26.9. The van der Waals surface area contributed by atoms with E-state index in [9.17, 15) is 9.59 Å². The number of ether oxygens (including phenoxy) is 2. The number of benzene rings is 1. The van der Waals surface area contributed by atoms with Crippen molar-refractivity contribution < 1.29 is 19.1 Å². The minimum Gasteiger partial charge on any atom is -0.376 e. The number of amides is 2. The van der Waals surface area contributed by atoms with Crippen LogP contribution in [0.15, 0.2) is 30.3 Å². The Balaban J connectivity index is 1.64. The zero-order valence-corrected chi connectivity index (χ0v) is 14.6. The van der Waals surface area contributed by atoms with Gasteiger partial charge in [0.1, 0.15) is 12.1 Å². The van der Waals surface area contributed by atoms with Crippen LogP contribution in [0.4, 0.5) is 0 Å². The lowest BCUT2D eigenvalue weighted by Gasteiger charge is -2.37. The monoisotopic (exact) mass is 346 g/mol. The average molecular weight is 346 g/mol. The molecular formula is C19H26N2O4. The number of piperazine rings is 1. The fourth-order valence-electron chi connectivity index (χ4n) is 3.37. The van der Waals surface area contributed by atoms with Crippen molar-refractivity contribution >= 4 is 11.8 Å². The summed E-state index contributed by atoms with van der Waals surface area (Å²) in [5.41, 5.74) is 0.816. The van der Waals surface area contributed by atoms with Gasteiger partial charge in [-0.3, -0.25) is 9.59 Å². The van der Waals surface area contributed by atoms with Crippen LogP contribution in [0.25, 0.3) is 0 Å². The Morgan fingerprint density at radius 3 is 2.88 bits per heavy atom. The summed E-state index contributed by atoms with van der Waals surface area (Å²) in [6.07, 6.45) is 2.67. The molecule has 2 heterocycles. The molecule has 0 aliphatic carbocycles. The molecule has 2 fully saturated rings. The molecule has 3 rings (SSSR count). The standard InChI is InChI=1S/C19H26N2O4/c1-14(25-13-16-9-5-6-12-24-16)19(23)21-11-10-20-18(22)17(21)15-7-3-2-4-8-15/h2-4,7-8,14,16-17H,5-6,9-13H2,1H3,(H,20,22)/t14-,16+,17+/m0/s1. The van der Waals surface area contributed by atoms with Crippen LogP contribution in [0.1, 0.15) is 37.8 Å². The normalized spacial score (nSPS) is 25.3. The van der Waals surface area contributed by atoms with Gasteiger partial charge in [0.2, 0.25) is 5.91 Å². The van der Waals surface area contributed by atoms with Gasteiger partial charge < -0.3 is 19.7 Å². The molecule has 2 aliphatic heterocycles. The lowest BCUT2D eigenvalue weighted by molar-refractivity contribution is -0.154. The summed E-state index contributed by atoms with van der Waals surface area (Å²) >= 11 is 0. The van der Waals surface area contributed by atoms with Gasteiger partial charge in [0, 0.05) is 19.7 Å². The Morgan fingerprint density at radius 1 is 1.36 bits per heavy atom. The van der Waals surface area contributed by atoms with Crippen LogP contribution < -0.4 is 5.32 Å². The van der Waals surface area contributed by atoms with Crippen LogP contribution in [0.2, 0.25) is 0 Å². The first-order valence-corrected chi connectivity index (χ1v) is 9.03. The minimum absolute atomic E-state index is 0.0681. The number of nitrogens with one attached hydrogen (secondary N) is 1. The van der Waals surface area contributed by atoms with Gasteiger partial charge in [-0.1, -0.05) is 30.3 Å². The Hall–Kier alpha value is -1.92. The van der Waals surface area contributed by atoms with E-state index in [-0.39, 0.29) is 17.9 Å². The molecule has 0 saturated carbocycles. The molecule has 2 amide bonds. The van der Waals surface area contributed by atoms with E-state index in [0.29, 0.717) is 19.7 Å². The quantitative estimate of drug-likeness (QED) is 0.880. The minimum atomic E-state index is -0.598. The van der Waals surface area contributed by atoms with Crippen LogP contribution in [0.3, 0.4) is 0 Å². The highest BCUT2D eigenvalue weighted by molar-refractivity contribution is 5.91. The number of rotatable bonds is 5. The summed E-state index contributed by atoms with van der Waals surface area (Å²) < 4.78 is 11.4. The number of nitrogens with zero attached hydrogens (tertiary/aromatic N) is 1. The van der Waals surface area contributed by atoms with E-state index in [2.05, 4.69) is 5.32 Å². The topological polar surface area (TPSA) is 67.9 Å². The van der Waals surface area contributed by atoms with Gasteiger partial charge in [0.05, 0.1) is 12.7 Å². The second-order valence-corrected chi connectivity index (χ2v) is 6.60. The highest BCUT2D eigenvalue weighted by atomic mass is 16.5. The van der Waals surface area contributed by atoms with Crippen molar-refractivity contribution in [2.45, 2.75) is 44.4 Å². The van der Waals surface area contributed by atoms with Gasteiger partial charge in [0.25, 0.3) is 5.91 Å². The summed E-state index contributed by atoms with van der Waals surface area (Å²) in [7, 11) is 0. The molecule has 2 saturated heterocycles. The zero-order valence-electron chi connectivity index (χ0n) is 14.6. The first-order chi connectivity index (χ1) is 12.2. The van der Waals surface area contributed by atoms with Crippen LogP contribution in [-0.2, 0) is 19.1 Å². The van der Waals surface area contributed by atoms with E-state index in [1.165, 1.54) is 0 Å². The molecule has 0 unspecified atom stereocenters. The second-order valence-electron chi connectivity index (χ2n) is 6.60. The SMILES string of the molecule is C[C@H](OC[C@H]1CCCCO1)C(=O)N1CCNC(=O)[C@H]1c1ccccc1. The number of carbonyl (C=O) groups excluding carboxylic acids is 2. The van der Waals surface area contributed by atoms with Gasteiger partial charge in [-0.15, -0.1) is 0 Å². The number of hydrogen-bond donors (Lipinski definition) is 1. The van der Waals surface area contributed by atoms with E-state index >= 15 is 0 Å². The van der Waals surface area contributed by atoms with Crippen LogP contribution in [0.5, 0.6) is 0 Å². The molecule has 0 aromatic heterocycles. The lowest BCUT2D eigenvalue weighted by Crippen LogP contribution is -2.54. The first kappa shape index (κ1) is 17.9. The van der Waals surface area contributed by atoms with E-state index in [1.54, 1.807) is 11.8 Å². The summed E-state index contributed by atoms with van der Waals surface area (Å²) in [5.74, 6) is -0.298. The largest absolute Gasteiger partial charge is 0.376 e. The van der Waals surface area contributed by atoms with Crippen LogP contribution in [-0.4, -0.2) is 55.2 Å². The smallest absolute Gasteiger partial charge is 0.252 e. The summed E-state index contributed by atoms with van der Waals surface area (Å²) in [5, 5.41) is 2.84. The van der Waals surface area contributed by atoms with Crippen LogP contribution in [0, 0.1) is 0 Å². The molecule has 0 spiro atoms. The van der Waals surface area contributed by atoms with Gasteiger partial charge in [-0.2, -0.15) is 0 Å². The third-order valence-corrected chi connectivity index (χ3v) is 4.76. The Labute approximate surface area is 148 Å². The molecule has 136 valence electrons. The zero-order chi connectivity index (χ0) is 17.6. The molecule has 25 heavy (non-hydrogen) atoms. The highest BCUT2D eigenvalue weighted by Gasteiger charge is 2.36. The van der Waals surface area contributed by atoms with Gasteiger partial charge >= 0.3 is 0 Å². The van der Waals surface area contributed by atoms with E-state index in [4.69, 9.17) is 9.47 Å².